The lowest BCUT2D eigenvalue weighted by Crippen LogP contribution is -2.12. The third-order valence-corrected chi connectivity index (χ3v) is 2.14. The van der Waals surface area contributed by atoms with Crippen LogP contribution < -0.4 is 0 Å². The molecule has 7 nitrogen and oxygen atoms in total. The monoisotopic (exact) mass is 219 g/mol. The Morgan fingerprint density at radius 1 is 1.19 bits per heavy atom. The van der Waals surface area contributed by atoms with Crippen molar-refractivity contribution in [2.45, 2.75) is 6.04 Å². The van der Waals surface area contributed by atoms with Gasteiger partial charge in [0.1, 0.15) is 0 Å². The van der Waals surface area contributed by atoms with Gasteiger partial charge < -0.3 is 0 Å². The van der Waals surface area contributed by atoms with Gasteiger partial charge in [-0.15, -0.1) is 5.11 Å². The normalized spacial score (nSPS) is 19.1. The first-order valence-electron chi connectivity index (χ1n) is 4.33. The summed E-state index contributed by atoms with van der Waals surface area (Å²) < 4.78 is 0. The van der Waals surface area contributed by atoms with Crippen LogP contribution >= 0.6 is 0 Å². The van der Waals surface area contributed by atoms with Crippen molar-refractivity contribution in [2.24, 2.45) is 10.2 Å². The molecule has 1 amide bonds. The van der Waals surface area contributed by atoms with Crippen LogP contribution in [0, 0.1) is 10.1 Å². The van der Waals surface area contributed by atoms with Gasteiger partial charge in [0.25, 0.3) is 11.5 Å². The number of ketones is 1. The van der Waals surface area contributed by atoms with E-state index in [1.807, 2.05) is 0 Å². The molecule has 1 aromatic carbocycles. The molecular weight excluding hydrogens is 214 g/mol. The van der Waals surface area contributed by atoms with Crippen molar-refractivity contribution in [2.75, 3.05) is 0 Å². The van der Waals surface area contributed by atoms with Gasteiger partial charge in [-0.05, 0) is 17.7 Å². The van der Waals surface area contributed by atoms with Gasteiger partial charge in [0.15, 0.2) is 6.04 Å². The fraction of sp³-hybridized carbons (Fsp3) is 0.111. The van der Waals surface area contributed by atoms with E-state index in [0.29, 0.717) is 5.56 Å². The molecule has 1 unspecified atom stereocenters. The molecule has 1 aromatic rings. The van der Waals surface area contributed by atoms with E-state index in [1.54, 1.807) is 0 Å². The van der Waals surface area contributed by atoms with Crippen LogP contribution in [0.2, 0.25) is 0 Å². The summed E-state index contributed by atoms with van der Waals surface area (Å²) in [6.07, 6.45) is 0. The topological polar surface area (TPSA) is 102 Å². The van der Waals surface area contributed by atoms with Crippen LogP contribution in [0.5, 0.6) is 0 Å². The minimum atomic E-state index is -0.951. The van der Waals surface area contributed by atoms with E-state index in [2.05, 4.69) is 10.2 Å². The second-order valence-corrected chi connectivity index (χ2v) is 3.14. The predicted octanol–water partition coefficient (Wildman–Crippen LogP) is 1.20. The third kappa shape index (κ3) is 1.58. The Labute approximate surface area is 88.9 Å². The molecule has 80 valence electrons. The van der Waals surface area contributed by atoms with Gasteiger partial charge in [-0.25, -0.2) is 0 Å². The number of rotatable bonds is 2. The molecule has 0 bridgehead atoms. The number of benzene rings is 1. The second-order valence-electron chi connectivity index (χ2n) is 3.14. The van der Waals surface area contributed by atoms with Gasteiger partial charge in [-0.2, -0.15) is 5.11 Å². The lowest BCUT2D eigenvalue weighted by molar-refractivity contribution is -0.384. The van der Waals surface area contributed by atoms with E-state index in [0.717, 1.165) is 0 Å². The van der Waals surface area contributed by atoms with Crippen molar-refractivity contribution in [3.05, 3.63) is 39.9 Å². The van der Waals surface area contributed by atoms with Gasteiger partial charge in [-0.3, -0.25) is 19.7 Å². The Morgan fingerprint density at radius 2 is 1.81 bits per heavy atom. The smallest absolute Gasteiger partial charge is 0.286 e. The largest absolute Gasteiger partial charge is 0.333 e. The summed E-state index contributed by atoms with van der Waals surface area (Å²) in [5, 5.41) is 17.0. The lowest BCUT2D eigenvalue weighted by Gasteiger charge is -2.02. The number of nitro groups is 1. The number of non-ortho nitro benzene ring substituents is 1. The maximum absolute atomic E-state index is 11.3. The van der Waals surface area contributed by atoms with E-state index in [-0.39, 0.29) is 5.69 Å². The third-order valence-electron chi connectivity index (χ3n) is 2.14. The zero-order chi connectivity index (χ0) is 11.7. The van der Waals surface area contributed by atoms with E-state index >= 15 is 0 Å². The molecule has 0 saturated heterocycles. The number of amides is 1. The molecule has 0 fully saturated rings. The molecule has 0 aromatic heterocycles. The molecule has 2 rings (SSSR count). The van der Waals surface area contributed by atoms with Crippen molar-refractivity contribution in [3.63, 3.8) is 0 Å². The van der Waals surface area contributed by atoms with E-state index in [1.165, 1.54) is 24.3 Å². The van der Waals surface area contributed by atoms with Crippen LogP contribution in [-0.4, -0.2) is 16.6 Å². The van der Waals surface area contributed by atoms with Gasteiger partial charge >= 0.3 is 5.91 Å². The molecule has 0 radical (unpaired) electrons. The average molecular weight is 219 g/mol. The summed E-state index contributed by atoms with van der Waals surface area (Å²) in [6.45, 7) is 0. The molecule has 16 heavy (non-hydrogen) atoms. The molecule has 1 atom stereocenters. The number of carbonyl (C=O) groups excluding carboxylic acids is 2. The number of azo groups is 1. The Balaban J connectivity index is 2.29. The number of carbonyl (C=O) groups is 2. The molecule has 0 saturated carbocycles. The van der Waals surface area contributed by atoms with Crippen LogP contribution in [0.4, 0.5) is 5.69 Å². The number of Topliss-reactive ketones (excluding diaryl/α,β-unsaturated/α-hetero) is 1. The van der Waals surface area contributed by atoms with Gasteiger partial charge in [0.05, 0.1) is 4.92 Å². The highest BCUT2D eigenvalue weighted by molar-refractivity contribution is 6.39. The maximum atomic E-state index is 11.3. The van der Waals surface area contributed by atoms with Crippen molar-refractivity contribution in [3.8, 4) is 0 Å². The number of nitro benzene ring substituents is 1. The SMILES string of the molecule is O=C1N=NC(c2ccc([N+](=O)[O-])cc2)C1=O. The minimum absolute atomic E-state index is 0.0857. The molecular formula is C9H5N3O4. The van der Waals surface area contributed by atoms with Crippen LogP contribution in [0.1, 0.15) is 11.6 Å². The minimum Gasteiger partial charge on any atom is -0.286 e. The fourth-order valence-electron chi connectivity index (χ4n) is 1.33. The molecule has 0 N–H and O–H groups in total. The zero-order valence-corrected chi connectivity index (χ0v) is 7.86. The summed E-state index contributed by atoms with van der Waals surface area (Å²) >= 11 is 0. The average Bonchev–Trinajstić information content (AvgIpc) is 2.60. The first kappa shape index (κ1) is 10.1. The lowest BCUT2D eigenvalue weighted by atomic mass is 10.0. The first-order valence-corrected chi connectivity index (χ1v) is 4.33. The first-order chi connectivity index (χ1) is 7.59. The van der Waals surface area contributed by atoms with Crippen molar-refractivity contribution in [1.82, 2.24) is 0 Å². The van der Waals surface area contributed by atoms with E-state index in [9.17, 15) is 19.7 Å². The van der Waals surface area contributed by atoms with Crippen molar-refractivity contribution in [1.29, 1.82) is 0 Å². The number of hydrogen-bond acceptors (Lipinski definition) is 5. The zero-order valence-electron chi connectivity index (χ0n) is 7.86. The van der Waals surface area contributed by atoms with Crippen molar-refractivity contribution < 1.29 is 14.5 Å². The van der Waals surface area contributed by atoms with E-state index < -0.39 is 22.7 Å². The molecule has 1 heterocycles. The number of nitrogens with zero attached hydrogens (tertiary/aromatic N) is 3. The Kier molecular flexibility index (Phi) is 2.28. The summed E-state index contributed by atoms with van der Waals surface area (Å²) in [4.78, 5) is 31.9. The molecule has 1 aliphatic heterocycles. The molecule has 0 spiro atoms. The summed E-state index contributed by atoms with van der Waals surface area (Å²) in [6, 6.07) is 4.33. The highest BCUT2D eigenvalue weighted by Crippen LogP contribution is 2.25. The van der Waals surface area contributed by atoms with Crippen LogP contribution in [-0.2, 0) is 9.59 Å². The Bertz CT molecular complexity index is 506. The van der Waals surface area contributed by atoms with Crippen LogP contribution in [0.3, 0.4) is 0 Å². The molecule has 1 aliphatic rings. The van der Waals surface area contributed by atoms with Gasteiger partial charge in [-0.1, -0.05) is 0 Å². The summed E-state index contributed by atoms with van der Waals surface area (Å²) in [5.74, 6) is -1.60. The fourth-order valence-corrected chi connectivity index (χ4v) is 1.33. The second kappa shape index (κ2) is 3.61. The standard InChI is InChI=1S/C9H5N3O4/c13-8-7(10-11-9(8)14)5-1-3-6(4-2-5)12(15)16/h1-4,7H. The summed E-state index contributed by atoms with van der Waals surface area (Å²) in [5.41, 5.74) is 0.336. The molecule has 7 heteroatoms. The highest BCUT2D eigenvalue weighted by atomic mass is 16.6. The van der Waals surface area contributed by atoms with Crippen molar-refractivity contribution >= 4 is 17.4 Å². The quantitative estimate of drug-likeness (QED) is 0.423. The predicted molar refractivity (Wildman–Crippen MR) is 50.7 cm³/mol. The maximum Gasteiger partial charge on any atom is 0.333 e. The van der Waals surface area contributed by atoms with Gasteiger partial charge in [0.2, 0.25) is 0 Å². The van der Waals surface area contributed by atoms with E-state index in [4.69, 9.17) is 0 Å². The van der Waals surface area contributed by atoms with Crippen LogP contribution in [0.15, 0.2) is 34.5 Å². The highest BCUT2D eigenvalue weighted by Gasteiger charge is 2.32. The van der Waals surface area contributed by atoms with Crippen LogP contribution in [0.25, 0.3) is 0 Å². The molecule has 0 aliphatic carbocycles. The summed E-state index contributed by atoms with van der Waals surface area (Å²) in [7, 11) is 0. The van der Waals surface area contributed by atoms with Gasteiger partial charge in [0, 0.05) is 12.1 Å². The Morgan fingerprint density at radius 3 is 2.25 bits per heavy atom. The number of hydrogen-bond donors (Lipinski definition) is 0. The Hall–Kier alpha value is -2.44.